The van der Waals surface area contributed by atoms with Crippen LogP contribution in [0.3, 0.4) is 0 Å². The molecule has 1 saturated heterocycles. The lowest BCUT2D eigenvalue weighted by Gasteiger charge is -2.40. The summed E-state index contributed by atoms with van der Waals surface area (Å²) < 4.78 is 0. The minimum absolute atomic E-state index is 0.486. The van der Waals surface area contributed by atoms with Crippen LogP contribution >= 0.6 is 0 Å². The van der Waals surface area contributed by atoms with Crippen molar-refractivity contribution in [3.05, 3.63) is 0 Å². The number of nitrogens with zero attached hydrogens (tertiary/aromatic N) is 1. The molecule has 0 aromatic rings. The Labute approximate surface area is 119 Å². The molecule has 2 heteroatoms. The second kappa shape index (κ2) is 6.13. The molecule has 1 heterocycles. The van der Waals surface area contributed by atoms with Crippen molar-refractivity contribution in [1.29, 1.82) is 0 Å². The molecular weight excluding hydrogens is 232 g/mol. The first-order chi connectivity index (χ1) is 9.29. The van der Waals surface area contributed by atoms with Gasteiger partial charge in [-0.25, -0.2) is 0 Å². The maximum Gasteiger partial charge on any atom is 0.0308 e. The van der Waals surface area contributed by atoms with Crippen LogP contribution < -0.4 is 5.32 Å². The van der Waals surface area contributed by atoms with E-state index in [0.717, 1.165) is 12.0 Å². The van der Waals surface area contributed by atoms with Gasteiger partial charge in [-0.15, -0.1) is 0 Å². The molecule has 0 amide bonds. The summed E-state index contributed by atoms with van der Waals surface area (Å²) in [5.74, 6) is 0.977. The van der Waals surface area contributed by atoms with Crippen molar-refractivity contribution in [3.8, 4) is 0 Å². The first-order valence-electron chi connectivity index (χ1n) is 8.78. The van der Waals surface area contributed by atoms with E-state index in [1.165, 1.54) is 83.8 Å². The maximum atomic E-state index is 3.90. The van der Waals surface area contributed by atoms with E-state index >= 15 is 0 Å². The van der Waals surface area contributed by atoms with Crippen LogP contribution in [0, 0.1) is 5.92 Å². The standard InChI is InChI=1S/C17H32N2/c1-15(16-8-3-2-4-9-16)19-13-7-12-18-17(14-19)10-5-6-11-17/h15-16,18H,2-14H2,1H3. The SMILES string of the molecule is CC(C1CCCCC1)N1CCCNC2(CCCC2)C1. The van der Waals surface area contributed by atoms with Crippen LogP contribution in [0.15, 0.2) is 0 Å². The lowest BCUT2D eigenvalue weighted by molar-refractivity contribution is 0.107. The van der Waals surface area contributed by atoms with Gasteiger partial charge in [-0.2, -0.15) is 0 Å². The van der Waals surface area contributed by atoms with Gasteiger partial charge in [0.25, 0.3) is 0 Å². The zero-order chi connectivity index (χ0) is 13.1. The Morgan fingerprint density at radius 1 is 1.00 bits per heavy atom. The van der Waals surface area contributed by atoms with E-state index in [-0.39, 0.29) is 0 Å². The van der Waals surface area contributed by atoms with Crippen molar-refractivity contribution < 1.29 is 0 Å². The van der Waals surface area contributed by atoms with Crippen LogP contribution in [0.25, 0.3) is 0 Å². The largest absolute Gasteiger partial charge is 0.310 e. The third kappa shape index (κ3) is 3.16. The van der Waals surface area contributed by atoms with Crippen molar-refractivity contribution in [2.75, 3.05) is 19.6 Å². The van der Waals surface area contributed by atoms with E-state index in [2.05, 4.69) is 17.1 Å². The van der Waals surface area contributed by atoms with Gasteiger partial charge in [0.2, 0.25) is 0 Å². The monoisotopic (exact) mass is 264 g/mol. The predicted molar refractivity (Wildman–Crippen MR) is 81.4 cm³/mol. The first kappa shape index (κ1) is 13.9. The summed E-state index contributed by atoms with van der Waals surface area (Å²) in [6.45, 7) is 6.41. The molecule has 0 bridgehead atoms. The molecule has 2 nitrogen and oxygen atoms in total. The average molecular weight is 264 g/mol. The third-order valence-electron chi connectivity index (χ3n) is 6.10. The average Bonchev–Trinajstić information content (AvgIpc) is 2.80. The molecule has 1 spiro atoms. The Balaban J connectivity index is 1.64. The Hall–Kier alpha value is -0.0800. The molecule has 2 aliphatic carbocycles. The van der Waals surface area contributed by atoms with Gasteiger partial charge < -0.3 is 5.32 Å². The van der Waals surface area contributed by atoms with Crippen LogP contribution in [0.2, 0.25) is 0 Å². The van der Waals surface area contributed by atoms with Crippen molar-refractivity contribution >= 4 is 0 Å². The summed E-state index contributed by atoms with van der Waals surface area (Å²) in [6.07, 6.45) is 14.5. The topological polar surface area (TPSA) is 15.3 Å². The molecule has 0 aromatic heterocycles. The summed E-state index contributed by atoms with van der Waals surface area (Å²) in [4.78, 5) is 2.85. The second-order valence-corrected chi connectivity index (χ2v) is 7.38. The highest BCUT2D eigenvalue weighted by molar-refractivity contribution is 4.98. The molecule has 3 fully saturated rings. The fourth-order valence-corrected chi connectivity index (χ4v) is 4.81. The highest BCUT2D eigenvalue weighted by Gasteiger charge is 2.38. The van der Waals surface area contributed by atoms with Gasteiger partial charge in [-0.1, -0.05) is 32.1 Å². The molecule has 1 unspecified atom stereocenters. The summed E-state index contributed by atoms with van der Waals surface area (Å²) in [6, 6.07) is 0.817. The number of hydrogen-bond donors (Lipinski definition) is 1. The van der Waals surface area contributed by atoms with Gasteiger partial charge in [0.1, 0.15) is 0 Å². The molecule has 1 atom stereocenters. The minimum atomic E-state index is 0.486. The molecule has 3 rings (SSSR count). The van der Waals surface area contributed by atoms with Crippen LogP contribution in [-0.2, 0) is 0 Å². The Morgan fingerprint density at radius 2 is 1.74 bits per heavy atom. The van der Waals surface area contributed by atoms with E-state index < -0.39 is 0 Å². The van der Waals surface area contributed by atoms with Crippen LogP contribution in [0.4, 0.5) is 0 Å². The zero-order valence-electron chi connectivity index (χ0n) is 12.8. The van der Waals surface area contributed by atoms with E-state index in [1.807, 2.05) is 0 Å². The normalized spacial score (nSPS) is 31.4. The van der Waals surface area contributed by atoms with Gasteiger partial charge >= 0.3 is 0 Å². The summed E-state index contributed by atoms with van der Waals surface area (Å²) >= 11 is 0. The Morgan fingerprint density at radius 3 is 2.47 bits per heavy atom. The summed E-state index contributed by atoms with van der Waals surface area (Å²) in [7, 11) is 0. The highest BCUT2D eigenvalue weighted by atomic mass is 15.2. The molecule has 19 heavy (non-hydrogen) atoms. The molecule has 0 aromatic carbocycles. The molecule has 1 aliphatic heterocycles. The van der Waals surface area contributed by atoms with Crippen molar-refractivity contribution in [2.24, 2.45) is 5.92 Å². The number of nitrogens with one attached hydrogen (secondary N) is 1. The molecule has 0 radical (unpaired) electrons. The van der Waals surface area contributed by atoms with Crippen molar-refractivity contribution in [3.63, 3.8) is 0 Å². The molecule has 110 valence electrons. The van der Waals surface area contributed by atoms with Gasteiger partial charge in [0.05, 0.1) is 0 Å². The quantitative estimate of drug-likeness (QED) is 0.820. The van der Waals surface area contributed by atoms with Crippen LogP contribution in [0.5, 0.6) is 0 Å². The fourth-order valence-electron chi connectivity index (χ4n) is 4.81. The predicted octanol–water partition coefficient (Wildman–Crippen LogP) is 3.56. The summed E-state index contributed by atoms with van der Waals surface area (Å²) in [5, 5.41) is 3.90. The van der Waals surface area contributed by atoms with Crippen LogP contribution in [0.1, 0.15) is 71.1 Å². The van der Waals surface area contributed by atoms with E-state index in [0.29, 0.717) is 5.54 Å². The maximum absolute atomic E-state index is 3.90. The van der Waals surface area contributed by atoms with E-state index in [4.69, 9.17) is 0 Å². The smallest absolute Gasteiger partial charge is 0.0308 e. The van der Waals surface area contributed by atoms with Crippen LogP contribution in [-0.4, -0.2) is 36.1 Å². The number of hydrogen-bond acceptors (Lipinski definition) is 2. The Bertz CT molecular complexity index is 277. The summed E-state index contributed by atoms with van der Waals surface area (Å²) in [5.41, 5.74) is 0.486. The highest BCUT2D eigenvalue weighted by Crippen LogP contribution is 2.35. The van der Waals surface area contributed by atoms with E-state index in [9.17, 15) is 0 Å². The Kier molecular flexibility index (Phi) is 4.48. The first-order valence-corrected chi connectivity index (χ1v) is 8.78. The fraction of sp³-hybridized carbons (Fsp3) is 1.00. The minimum Gasteiger partial charge on any atom is -0.310 e. The molecule has 3 aliphatic rings. The number of rotatable bonds is 2. The van der Waals surface area contributed by atoms with Gasteiger partial charge in [-0.05, 0) is 58.0 Å². The third-order valence-corrected chi connectivity index (χ3v) is 6.10. The molecule has 2 saturated carbocycles. The molecule has 1 N–H and O–H groups in total. The van der Waals surface area contributed by atoms with E-state index in [1.54, 1.807) is 0 Å². The molecular formula is C17H32N2. The van der Waals surface area contributed by atoms with Gasteiger partial charge in [0.15, 0.2) is 0 Å². The second-order valence-electron chi connectivity index (χ2n) is 7.38. The van der Waals surface area contributed by atoms with Crippen molar-refractivity contribution in [1.82, 2.24) is 10.2 Å². The van der Waals surface area contributed by atoms with Gasteiger partial charge in [0, 0.05) is 18.1 Å². The zero-order valence-corrected chi connectivity index (χ0v) is 12.8. The van der Waals surface area contributed by atoms with Gasteiger partial charge in [-0.3, -0.25) is 4.90 Å². The lowest BCUT2D eigenvalue weighted by atomic mass is 9.83. The van der Waals surface area contributed by atoms with Crippen molar-refractivity contribution in [2.45, 2.75) is 82.7 Å². The lowest BCUT2D eigenvalue weighted by Crippen LogP contribution is -2.52.